The van der Waals surface area contributed by atoms with Crippen LogP contribution in [0.1, 0.15) is 62.5 Å². The van der Waals surface area contributed by atoms with E-state index in [1.165, 1.54) is 29.1 Å². The third-order valence-corrected chi connectivity index (χ3v) is 8.44. The Balaban J connectivity index is 1.24. The highest BCUT2D eigenvalue weighted by atomic mass is 16.5. The Morgan fingerprint density at radius 2 is 1.97 bits per heavy atom. The lowest BCUT2D eigenvalue weighted by Crippen LogP contribution is -2.52. The highest BCUT2D eigenvalue weighted by Gasteiger charge is 2.33. The van der Waals surface area contributed by atoms with E-state index in [4.69, 9.17) is 4.74 Å². The average Bonchev–Trinajstić information content (AvgIpc) is 3.57. The first-order valence-electron chi connectivity index (χ1n) is 13.5. The number of hydrogen-bond donors (Lipinski definition) is 3. The van der Waals surface area contributed by atoms with Crippen LogP contribution in [0.15, 0.2) is 36.7 Å². The zero-order chi connectivity index (χ0) is 25.5. The van der Waals surface area contributed by atoms with E-state index in [1.807, 2.05) is 12.4 Å². The minimum atomic E-state index is -0.176. The minimum Gasteiger partial charge on any atom is -0.468 e. The molecule has 2 fully saturated rings. The number of carbonyl (C=O) groups excluding carboxylic acids is 1. The summed E-state index contributed by atoms with van der Waals surface area (Å²) in [6.07, 6.45) is 7.93. The smallest absolute Gasteiger partial charge is 0.322 e. The predicted molar refractivity (Wildman–Crippen MR) is 146 cm³/mol. The highest BCUT2D eigenvalue weighted by molar-refractivity contribution is 5.98. The van der Waals surface area contributed by atoms with Crippen LogP contribution in [0.25, 0.3) is 33.2 Å². The van der Waals surface area contributed by atoms with Crippen molar-refractivity contribution in [3.05, 3.63) is 47.8 Å². The van der Waals surface area contributed by atoms with Crippen LogP contribution in [0, 0.1) is 0 Å². The van der Waals surface area contributed by atoms with E-state index in [1.54, 1.807) is 0 Å². The minimum absolute atomic E-state index is 0.139. The molecule has 2 saturated heterocycles. The molecule has 3 N–H and O–H groups in total. The third-order valence-electron chi connectivity index (χ3n) is 8.44. The predicted octanol–water partition coefficient (Wildman–Crippen LogP) is 4.70. The summed E-state index contributed by atoms with van der Waals surface area (Å²) in [5, 5.41) is 12.9. The first-order valence-corrected chi connectivity index (χ1v) is 13.5. The maximum atomic E-state index is 12.0. The van der Waals surface area contributed by atoms with Crippen molar-refractivity contribution in [2.75, 3.05) is 26.7 Å². The van der Waals surface area contributed by atoms with Gasteiger partial charge in [0, 0.05) is 34.1 Å². The number of nitrogens with zero attached hydrogens (tertiary/aromatic N) is 3. The van der Waals surface area contributed by atoms with E-state index in [2.05, 4.69) is 68.5 Å². The van der Waals surface area contributed by atoms with Crippen molar-refractivity contribution in [3.63, 3.8) is 0 Å². The standard InChI is InChI=1S/C29H36N6O2/c1-17(2)26-22-14-19(4-5-24(22)33-27(26)21-7-11-31-28-23(21)16-32-34-28)18-8-12-35(13-9-18)20-6-10-30-25(15-20)29(36)37-3/h4-5,7,11,14,16-18,20,25,30,33H,6,8-10,12-13,15H2,1-3H3,(H,31,32,34). The third kappa shape index (κ3) is 4.42. The highest BCUT2D eigenvalue weighted by Crippen LogP contribution is 2.40. The fourth-order valence-electron chi connectivity index (χ4n) is 6.51. The summed E-state index contributed by atoms with van der Waals surface area (Å²) in [6.45, 7) is 7.56. The number of H-pyrrole nitrogens is 2. The number of piperidine rings is 2. The summed E-state index contributed by atoms with van der Waals surface area (Å²) < 4.78 is 4.98. The molecule has 6 rings (SSSR count). The number of esters is 1. The van der Waals surface area contributed by atoms with Gasteiger partial charge in [-0.15, -0.1) is 0 Å². The Morgan fingerprint density at radius 3 is 2.76 bits per heavy atom. The molecule has 0 radical (unpaired) electrons. The Kier molecular flexibility index (Phi) is 6.46. The molecule has 1 aromatic carbocycles. The first-order chi connectivity index (χ1) is 18.0. The Hall–Kier alpha value is -3.23. The molecule has 2 unspecified atom stereocenters. The Bertz CT molecular complexity index is 1410. The molecular formula is C29H36N6O2. The first kappa shape index (κ1) is 24.1. The molecule has 2 aliphatic rings. The molecule has 0 saturated carbocycles. The molecule has 0 spiro atoms. The summed E-state index contributed by atoms with van der Waals surface area (Å²) in [5.74, 6) is 0.789. The zero-order valence-corrected chi connectivity index (χ0v) is 21.9. The van der Waals surface area contributed by atoms with Gasteiger partial charge in [-0.3, -0.25) is 9.89 Å². The van der Waals surface area contributed by atoms with Crippen molar-refractivity contribution in [1.29, 1.82) is 0 Å². The summed E-state index contributed by atoms with van der Waals surface area (Å²) in [7, 11) is 1.48. The summed E-state index contributed by atoms with van der Waals surface area (Å²) in [4.78, 5) is 22.8. The van der Waals surface area contributed by atoms with E-state index >= 15 is 0 Å². The lowest BCUT2D eigenvalue weighted by molar-refractivity contribution is -0.144. The average molecular weight is 501 g/mol. The molecule has 2 atom stereocenters. The fraction of sp³-hybridized carbons (Fsp3) is 0.483. The molecule has 4 aromatic rings. The van der Waals surface area contributed by atoms with E-state index in [-0.39, 0.29) is 12.0 Å². The molecule has 3 aromatic heterocycles. The zero-order valence-electron chi connectivity index (χ0n) is 21.9. The number of rotatable bonds is 5. The molecule has 0 amide bonds. The molecular weight excluding hydrogens is 464 g/mol. The van der Waals surface area contributed by atoms with Crippen molar-refractivity contribution in [3.8, 4) is 11.3 Å². The number of ether oxygens (including phenoxy) is 1. The van der Waals surface area contributed by atoms with Gasteiger partial charge in [0.15, 0.2) is 5.65 Å². The van der Waals surface area contributed by atoms with Gasteiger partial charge in [0.1, 0.15) is 6.04 Å². The van der Waals surface area contributed by atoms with E-state index in [0.717, 1.165) is 67.6 Å². The number of fused-ring (bicyclic) bond motifs is 2. The van der Waals surface area contributed by atoms with E-state index in [0.29, 0.717) is 17.9 Å². The van der Waals surface area contributed by atoms with Crippen molar-refractivity contribution in [2.24, 2.45) is 0 Å². The van der Waals surface area contributed by atoms with Crippen LogP contribution >= 0.6 is 0 Å². The van der Waals surface area contributed by atoms with Gasteiger partial charge in [-0.25, -0.2) is 4.98 Å². The second-order valence-electron chi connectivity index (χ2n) is 10.9. The van der Waals surface area contributed by atoms with Crippen LogP contribution in [0.2, 0.25) is 0 Å². The van der Waals surface area contributed by atoms with Crippen LogP contribution in [0.4, 0.5) is 0 Å². The number of pyridine rings is 1. The number of likely N-dealkylation sites (tertiary alicyclic amines) is 1. The lowest BCUT2D eigenvalue weighted by Gasteiger charge is -2.41. The van der Waals surface area contributed by atoms with Gasteiger partial charge in [0.05, 0.1) is 19.0 Å². The van der Waals surface area contributed by atoms with Gasteiger partial charge < -0.3 is 19.9 Å². The molecule has 2 aliphatic heterocycles. The topological polar surface area (TPSA) is 98.9 Å². The van der Waals surface area contributed by atoms with Crippen molar-refractivity contribution < 1.29 is 9.53 Å². The van der Waals surface area contributed by atoms with Gasteiger partial charge >= 0.3 is 5.97 Å². The normalized spacial score (nSPS) is 21.7. The van der Waals surface area contributed by atoms with Gasteiger partial charge in [0.25, 0.3) is 0 Å². The van der Waals surface area contributed by atoms with Crippen molar-refractivity contribution >= 4 is 27.9 Å². The SMILES string of the molecule is COC(=O)C1CC(N2CCC(c3ccc4[nH]c(-c5ccnc6[nH]ncc56)c(C(C)C)c4c3)CC2)CCN1. The van der Waals surface area contributed by atoms with Gasteiger partial charge in [-0.05, 0) is 86.5 Å². The van der Waals surface area contributed by atoms with E-state index < -0.39 is 0 Å². The van der Waals surface area contributed by atoms with E-state index in [9.17, 15) is 4.79 Å². The molecule has 8 nitrogen and oxygen atoms in total. The molecule has 194 valence electrons. The van der Waals surface area contributed by atoms with Crippen LogP contribution in [-0.4, -0.2) is 69.9 Å². The number of methoxy groups -OCH3 is 1. The Labute approximate surface area is 217 Å². The molecule has 0 aliphatic carbocycles. The maximum Gasteiger partial charge on any atom is 0.322 e. The van der Waals surface area contributed by atoms with Crippen LogP contribution in [0.5, 0.6) is 0 Å². The van der Waals surface area contributed by atoms with Crippen LogP contribution in [0.3, 0.4) is 0 Å². The fourth-order valence-corrected chi connectivity index (χ4v) is 6.51. The van der Waals surface area contributed by atoms with Crippen LogP contribution in [-0.2, 0) is 9.53 Å². The van der Waals surface area contributed by atoms with Crippen molar-refractivity contribution in [1.82, 2.24) is 30.4 Å². The molecule has 5 heterocycles. The van der Waals surface area contributed by atoms with Gasteiger partial charge in [-0.2, -0.15) is 5.10 Å². The molecule has 8 heteroatoms. The van der Waals surface area contributed by atoms with Crippen LogP contribution < -0.4 is 5.32 Å². The number of benzene rings is 1. The largest absolute Gasteiger partial charge is 0.468 e. The second kappa shape index (κ2) is 9.91. The number of aromatic amines is 2. The van der Waals surface area contributed by atoms with Gasteiger partial charge in [-0.1, -0.05) is 19.9 Å². The summed E-state index contributed by atoms with van der Waals surface area (Å²) in [5.41, 5.74) is 7.08. The lowest BCUT2D eigenvalue weighted by atomic mass is 9.86. The maximum absolute atomic E-state index is 12.0. The quantitative estimate of drug-likeness (QED) is 0.344. The Morgan fingerprint density at radius 1 is 1.14 bits per heavy atom. The van der Waals surface area contributed by atoms with Gasteiger partial charge in [0.2, 0.25) is 0 Å². The number of nitrogens with one attached hydrogen (secondary N) is 3. The number of carbonyl (C=O) groups is 1. The van der Waals surface area contributed by atoms with Crippen molar-refractivity contribution in [2.45, 2.75) is 63.5 Å². The number of hydrogen-bond acceptors (Lipinski definition) is 6. The summed E-state index contributed by atoms with van der Waals surface area (Å²) >= 11 is 0. The number of aromatic nitrogens is 4. The monoisotopic (exact) mass is 500 g/mol. The summed E-state index contributed by atoms with van der Waals surface area (Å²) in [6, 6.07) is 9.35. The molecule has 37 heavy (non-hydrogen) atoms. The second-order valence-corrected chi connectivity index (χ2v) is 10.9. The molecule has 0 bridgehead atoms.